The molecule has 148 valence electrons. The number of benzene rings is 1. The summed E-state index contributed by atoms with van der Waals surface area (Å²) < 4.78 is 32.9. The van der Waals surface area contributed by atoms with Gasteiger partial charge in [-0.2, -0.15) is 0 Å². The molecular formula is C17H24N4O4S2. The zero-order valence-electron chi connectivity index (χ0n) is 15.9. The van der Waals surface area contributed by atoms with E-state index in [0.717, 1.165) is 16.9 Å². The van der Waals surface area contributed by atoms with Crippen LogP contribution in [0.3, 0.4) is 0 Å². The highest BCUT2D eigenvalue weighted by Crippen LogP contribution is 2.26. The van der Waals surface area contributed by atoms with E-state index in [-0.39, 0.29) is 15.4 Å². The Balaban J connectivity index is 2.16. The summed E-state index contributed by atoms with van der Waals surface area (Å²) in [6, 6.07) is 6.75. The normalized spacial score (nSPS) is 13.2. The lowest BCUT2D eigenvalue weighted by Gasteiger charge is -2.16. The maximum atomic E-state index is 12.7. The van der Waals surface area contributed by atoms with Gasteiger partial charge in [0, 0.05) is 11.5 Å². The van der Waals surface area contributed by atoms with E-state index in [9.17, 15) is 13.2 Å². The van der Waals surface area contributed by atoms with Gasteiger partial charge < -0.3 is 10.1 Å². The van der Waals surface area contributed by atoms with E-state index < -0.39 is 21.5 Å². The summed E-state index contributed by atoms with van der Waals surface area (Å²) in [7, 11) is -2.30. The molecule has 0 saturated carbocycles. The number of nitrogens with one attached hydrogen (secondary N) is 2. The molecule has 2 N–H and O–H groups in total. The number of ether oxygens (including phenoxy) is 1. The van der Waals surface area contributed by atoms with Crippen LogP contribution in [0.15, 0.2) is 28.6 Å². The van der Waals surface area contributed by atoms with Crippen LogP contribution in [-0.2, 0) is 14.8 Å². The van der Waals surface area contributed by atoms with E-state index in [4.69, 9.17) is 4.74 Å². The van der Waals surface area contributed by atoms with E-state index in [2.05, 4.69) is 20.2 Å². The third kappa shape index (κ3) is 5.47. The van der Waals surface area contributed by atoms with Gasteiger partial charge in [0.2, 0.25) is 15.4 Å². The average Bonchev–Trinajstić information content (AvgIpc) is 3.08. The number of hydrogen-bond acceptors (Lipinski definition) is 7. The molecule has 1 heterocycles. The number of hydrogen-bond donors (Lipinski definition) is 2. The molecule has 1 aromatic heterocycles. The van der Waals surface area contributed by atoms with E-state index in [0.29, 0.717) is 12.2 Å². The van der Waals surface area contributed by atoms with E-state index in [1.54, 1.807) is 40.0 Å². The van der Waals surface area contributed by atoms with Crippen LogP contribution in [0.5, 0.6) is 5.75 Å². The fourth-order valence-corrected chi connectivity index (χ4v) is 4.33. The van der Waals surface area contributed by atoms with Crippen molar-refractivity contribution in [2.24, 2.45) is 5.41 Å². The van der Waals surface area contributed by atoms with Crippen LogP contribution in [0.25, 0.3) is 0 Å². The van der Waals surface area contributed by atoms with Crippen molar-refractivity contribution < 1.29 is 17.9 Å². The zero-order valence-corrected chi connectivity index (χ0v) is 17.6. The molecule has 1 aromatic carbocycles. The van der Waals surface area contributed by atoms with Crippen molar-refractivity contribution in [1.29, 1.82) is 0 Å². The second-order valence-electron chi connectivity index (χ2n) is 6.93. The Morgan fingerprint density at radius 1 is 1.22 bits per heavy atom. The van der Waals surface area contributed by atoms with Crippen LogP contribution in [0, 0.1) is 5.41 Å². The van der Waals surface area contributed by atoms with Gasteiger partial charge in [-0.1, -0.05) is 51.2 Å². The van der Waals surface area contributed by atoms with Gasteiger partial charge in [0.1, 0.15) is 5.75 Å². The zero-order chi connectivity index (χ0) is 20.2. The molecule has 0 spiro atoms. The number of carbonyl (C=O) groups is 1. The summed E-state index contributed by atoms with van der Waals surface area (Å²) in [6.07, 6.45) is 0.554. The highest BCUT2D eigenvalue weighted by Gasteiger charge is 2.27. The fourth-order valence-electron chi connectivity index (χ4n) is 2.11. The van der Waals surface area contributed by atoms with Crippen LogP contribution in [0.2, 0.25) is 0 Å². The molecule has 0 saturated heterocycles. The van der Waals surface area contributed by atoms with Gasteiger partial charge in [-0.05, 0) is 24.1 Å². The van der Waals surface area contributed by atoms with Gasteiger partial charge in [-0.3, -0.25) is 4.79 Å². The first-order valence-electron chi connectivity index (χ1n) is 8.38. The van der Waals surface area contributed by atoms with Crippen LogP contribution in [0.1, 0.15) is 45.7 Å². The van der Waals surface area contributed by atoms with Crippen molar-refractivity contribution in [1.82, 2.24) is 14.9 Å². The van der Waals surface area contributed by atoms with Crippen molar-refractivity contribution in [2.75, 3.05) is 12.4 Å². The van der Waals surface area contributed by atoms with E-state index in [1.807, 2.05) is 19.1 Å². The monoisotopic (exact) mass is 412 g/mol. The van der Waals surface area contributed by atoms with Gasteiger partial charge in [-0.25, -0.2) is 13.1 Å². The van der Waals surface area contributed by atoms with Gasteiger partial charge in [-0.15, -0.1) is 10.2 Å². The minimum atomic E-state index is -3.87. The van der Waals surface area contributed by atoms with Gasteiger partial charge in [0.25, 0.3) is 10.0 Å². The van der Waals surface area contributed by atoms with Crippen molar-refractivity contribution in [3.63, 3.8) is 0 Å². The minimum Gasteiger partial charge on any atom is -0.497 e. The molecule has 0 aliphatic carbocycles. The van der Waals surface area contributed by atoms with Gasteiger partial charge >= 0.3 is 0 Å². The number of methoxy groups -OCH3 is 1. The summed E-state index contributed by atoms with van der Waals surface area (Å²) in [5, 5.41) is 10.2. The predicted molar refractivity (Wildman–Crippen MR) is 104 cm³/mol. The molecule has 0 radical (unpaired) electrons. The fraction of sp³-hybridized carbons (Fsp3) is 0.471. The van der Waals surface area contributed by atoms with Crippen LogP contribution >= 0.6 is 11.3 Å². The van der Waals surface area contributed by atoms with Crippen molar-refractivity contribution in [3.8, 4) is 5.75 Å². The van der Waals surface area contributed by atoms with E-state index in [1.165, 1.54) is 0 Å². The molecule has 0 unspecified atom stereocenters. The van der Waals surface area contributed by atoms with Crippen molar-refractivity contribution in [3.05, 3.63) is 29.8 Å². The highest BCUT2D eigenvalue weighted by molar-refractivity contribution is 7.91. The lowest BCUT2D eigenvalue weighted by atomic mass is 9.96. The number of aromatic nitrogens is 2. The Kier molecular flexibility index (Phi) is 6.55. The molecule has 2 aromatic rings. The Labute approximate surface area is 163 Å². The number of nitrogens with zero attached hydrogens (tertiary/aromatic N) is 2. The maximum absolute atomic E-state index is 12.7. The standard InChI is InChI=1S/C17H24N4O4S2/c1-6-13(11-7-9-12(25-5)10-8-11)21-27(23,24)16-20-19-15(26-16)18-14(22)17(2,3)4/h7-10,13,21H,6H2,1-5H3,(H,18,19,22)/t13-/m0/s1. The van der Waals surface area contributed by atoms with Gasteiger partial charge in [0.15, 0.2) is 0 Å². The number of carbonyl (C=O) groups excluding carboxylic acids is 1. The van der Waals surface area contributed by atoms with Crippen LogP contribution in [-0.4, -0.2) is 31.6 Å². The van der Waals surface area contributed by atoms with Crippen molar-refractivity contribution >= 4 is 32.4 Å². The highest BCUT2D eigenvalue weighted by atomic mass is 32.2. The quantitative estimate of drug-likeness (QED) is 0.677. The first-order valence-corrected chi connectivity index (χ1v) is 10.7. The third-order valence-electron chi connectivity index (χ3n) is 3.76. The van der Waals surface area contributed by atoms with Crippen LogP contribution < -0.4 is 14.8 Å². The molecular weight excluding hydrogens is 388 g/mol. The largest absolute Gasteiger partial charge is 0.497 e. The molecule has 27 heavy (non-hydrogen) atoms. The number of anilines is 1. The Bertz CT molecular complexity index is 886. The summed E-state index contributed by atoms with van der Waals surface area (Å²) >= 11 is 0.813. The molecule has 10 heteroatoms. The SMILES string of the molecule is CC[C@H](NS(=O)(=O)c1nnc(NC(=O)C(C)(C)C)s1)c1ccc(OC)cc1. The third-order valence-corrected chi connectivity index (χ3v) is 6.44. The molecule has 0 fully saturated rings. The second kappa shape index (κ2) is 8.32. The smallest absolute Gasteiger partial charge is 0.270 e. The van der Waals surface area contributed by atoms with Crippen molar-refractivity contribution in [2.45, 2.75) is 44.5 Å². The van der Waals surface area contributed by atoms with Gasteiger partial charge in [0.05, 0.1) is 7.11 Å². The second-order valence-corrected chi connectivity index (χ2v) is 9.80. The first-order chi connectivity index (χ1) is 12.6. The first kappa shape index (κ1) is 21.3. The number of rotatable bonds is 7. The molecule has 0 bridgehead atoms. The topological polar surface area (TPSA) is 110 Å². The summed E-state index contributed by atoms with van der Waals surface area (Å²) in [5.41, 5.74) is 0.192. The Hall–Kier alpha value is -2.04. The summed E-state index contributed by atoms with van der Waals surface area (Å²) in [4.78, 5) is 12.0. The number of amides is 1. The molecule has 1 amide bonds. The average molecular weight is 413 g/mol. The summed E-state index contributed by atoms with van der Waals surface area (Å²) in [6.45, 7) is 7.14. The predicted octanol–water partition coefficient (Wildman–Crippen LogP) is 2.96. The Morgan fingerprint density at radius 2 is 1.85 bits per heavy atom. The Morgan fingerprint density at radius 3 is 2.37 bits per heavy atom. The molecule has 1 atom stereocenters. The molecule has 0 aliphatic heterocycles. The minimum absolute atomic E-state index is 0.146. The lowest BCUT2D eigenvalue weighted by molar-refractivity contribution is -0.123. The van der Waals surface area contributed by atoms with Crippen LogP contribution in [0.4, 0.5) is 5.13 Å². The lowest BCUT2D eigenvalue weighted by Crippen LogP contribution is -2.28. The molecule has 0 aliphatic rings. The maximum Gasteiger partial charge on any atom is 0.270 e. The summed E-state index contributed by atoms with van der Waals surface area (Å²) in [5.74, 6) is 0.431. The van der Waals surface area contributed by atoms with E-state index >= 15 is 0 Å². The molecule has 2 rings (SSSR count). The number of sulfonamides is 1. The molecule has 8 nitrogen and oxygen atoms in total.